The highest BCUT2D eigenvalue weighted by atomic mass is 16.5. The smallest absolute Gasteiger partial charge is 0.306 e. The summed E-state index contributed by atoms with van der Waals surface area (Å²) in [4.78, 5) is 21.1. The van der Waals surface area contributed by atoms with Gasteiger partial charge in [0.1, 0.15) is 13.2 Å². The predicted molar refractivity (Wildman–Crippen MR) is 68.3 cm³/mol. The molecular weight excluding hydrogens is 232 g/mol. The van der Waals surface area contributed by atoms with Crippen LogP contribution in [0.5, 0.6) is 0 Å². The van der Waals surface area contributed by atoms with Crippen LogP contribution in [0.25, 0.3) is 0 Å². The Morgan fingerprint density at radius 1 is 1.00 bits per heavy atom. The number of unbranched alkanes of at least 4 members (excludes halogenated alkanes) is 6. The van der Waals surface area contributed by atoms with Crippen molar-refractivity contribution in [1.82, 2.24) is 0 Å². The highest BCUT2D eigenvalue weighted by molar-refractivity contribution is 5.69. The Kier molecular flexibility index (Phi) is 13.0. The second kappa shape index (κ2) is 13.9. The SMILES string of the molecule is [O]CC=CCOC(=O)CCCCCCCC[C]=O. The Morgan fingerprint density at radius 3 is 2.33 bits per heavy atom. The fourth-order valence-corrected chi connectivity index (χ4v) is 1.52. The van der Waals surface area contributed by atoms with E-state index in [9.17, 15) is 14.7 Å². The summed E-state index contributed by atoms with van der Waals surface area (Å²) in [6.45, 7) is -0.0807. The molecule has 0 amide bonds. The Morgan fingerprint density at radius 2 is 1.67 bits per heavy atom. The van der Waals surface area contributed by atoms with E-state index in [-0.39, 0.29) is 19.2 Å². The summed E-state index contributed by atoms with van der Waals surface area (Å²) in [5, 5.41) is 10.1. The first-order valence-electron chi connectivity index (χ1n) is 6.55. The van der Waals surface area contributed by atoms with Gasteiger partial charge in [-0.1, -0.05) is 31.8 Å². The highest BCUT2D eigenvalue weighted by Gasteiger charge is 2.00. The van der Waals surface area contributed by atoms with E-state index in [2.05, 4.69) is 0 Å². The molecule has 0 heterocycles. The van der Waals surface area contributed by atoms with Gasteiger partial charge in [0.2, 0.25) is 0 Å². The summed E-state index contributed by atoms with van der Waals surface area (Å²) >= 11 is 0. The van der Waals surface area contributed by atoms with Crippen LogP contribution in [0.2, 0.25) is 0 Å². The lowest BCUT2D eigenvalue weighted by atomic mass is 10.1. The Hall–Kier alpha value is -1.16. The number of hydrogen-bond donors (Lipinski definition) is 0. The zero-order chi connectivity index (χ0) is 13.5. The third-order valence-electron chi connectivity index (χ3n) is 2.51. The highest BCUT2D eigenvalue weighted by Crippen LogP contribution is 2.08. The van der Waals surface area contributed by atoms with E-state index in [1.807, 2.05) is 6.29 Å². The molecule has 0 aliphatic carbocycles. The van der Waals surface area contributed by atoms with E-state index in [0.717, 1.165) is 38.5 Å². The number of hydrogen-bond acceptors (Lipinski definition) is 3. The average molecular weight is 254 g/mol. The number of rotatable bonds is 12. The molecule has 0 N–H and O–H groups in total. The van der Waals surface area contributed by atoms with Gasteiger partial charge in [-0.15, -0.1) is 0 Å². The lowest BCUT2D eigenvalue weighted by Crippen LogP contribution is -2.04. The van der Waals surface area contributed by atoms with Gasteiger partial charge in [0.05, 0.1) is 0 Å². The molecule has 0 aromatic rings. The summed E-state index contributed by atoms with van der Waals surface area (Å²) in [7, 11) is 0. The molecule has 0 saturated heterocycles. The summed E-state index contributed by atoms with van der Waals surface area (Å²) in [6, 6.07) is 0. The van der Waals surface area contributed by atoms with E-state index in [0.29, 0.717) is 12.8 Å². The molecule has 4 nitrogen and oxygen atoms in total. The Labute approximate surface area is 109 Å². The molecule has 0 atom stereocenters. The lowest BCUT2D eigenvalue weighted by Gasteiger charge is -2.02. The standard InChI is InChI=1S/C14H22O4/c15-11-7-5-3-1-2-4-6-10-14(17)18-13-9-8-12-16/h8-9H,1-7,10,12-13H2. The number of esters is 1. The van der Waals surface area contributed by atoms with Gasteiger partial charge in [0, 0.05) is 12.8 Å². The summed E-state index contributed by atoms with van der Waals surface area (Å²) in [6.07, 6.45) is 11.8. The van der Waals surface area contributed by atoms with Gasteiger partial charge in [0.25, 0.3) is 0 Å². The normalized spacial score (nSPS) is 10.7. The second-order valence-corrected chi connectivity index (χ2v) is 4.09. The molecule has 0 aromatic carbocycles. The molecule has 2 radical (unpaired) electrons. The molecular formula is C14H22O4. The van der Waals surface area contributed by atoms with E-state index in [4.69, 9.17) is 4.74 Å². The van der Waals surface area contributed by atoms with Crippen molar-refractivity contribution in [3.8, 4) is 0 Å². The van der Waals surface area contributed by atoms with Crippen molar-refractivity contribution in [1.29, 1.82) is 0 Å². The van der Waals surface area contributed by atoms with Crippen LogP contribution < -0.4 is 0 Å². The van der Waals surface area contributed by atoms with Crippen molar-refractivity contribution in [2.24, 2.45) is 0 Å². The van der Waals surface area contributed by atoms with Crippen LogP contribution >= 0.6 is 0 Å². The fourth-order valence-electron chi connectivity index (χ4n) is 1.52. The van der Waals surface area contributed by atoms with E-state index >= 15 is 0 Å². The van der Waals surface area contributed by atoms with Crippen molar-refractivity contribution in [3.05, 3.63) is 12.2 Å². The van der Waals surface area contributed by atoms with E-state index in [1.165, 1.54) is 6.08 Å². The maximum Gasteiger partial charge on any atom is 0.306 e. The van der Waals surface area contributed by atoms with Crippen molar-refractivity contribution < 1.29 is 19.4 Å². The van der Waals surface area contributed by atoms with Gasteiger partial charge in [-0.05, 0) is 18.9 Å². The monoisotopic (exact) mass is 254 g/mol. The van der Waals surface area contributed by atoms with Crippen molar-refractivity contribution in [3.63, 3.8) is 0 Å². The summed E-state index contributed by atoms with van der Waals surface area (Å²) in [5.74, 6) is -0.207. The van der Waals surface area contributed by atoms with Gasteiger partial charge in [0.15, 0.2) is 6.29 Å². The predicted octanol–water partition coefficient (Wildman–Crippen LogP) is 2.75. The van der Waals surface area contributed by atoms with Crippen LogP contribution in [0.1, 0.15) is 51.4 Å². The summed E-state index contributed by atoms with van der Waals surface area (Å²) in [5.41, 5.74) is 0. The van der Waals surface area contributed by atoms with Crippen LogP contribution in [0.3, 0.4) is 0 Å². The minimum Gasteiger partial charge on any atom is -0.461 e. The molecule has 18 heavy (non-hydrogen) atoms. The van der Waals surface area contributed by atoms with Gasteiger partial charge in [-0.3, -0.25) is 9.59 Å². The molecule has 0 fully saturated rings. The van der Waals surface area contributed by atoms with Gasteiger partial charge >= 0.3 is 5.97 Å². The molecule has 0 spiro atoms. The van der Waals surface area contributed by atoms with Crippen molar-refractivity contribution in [2.45, 2.75) is 51.4 Å². The second-order valence-electron chi connectivity index (χ2n) is 4.09. The molecule has 0 saturated carbocycles. The quantitative estimate of drug-likeness (QED) is 0.305. The van der Waals surface area contributed by atoms with Gasteiger partial charge < -0.3 is 4.74 Å². The first-order chi connectivity index (χ1) is 8.81. The zero-order valence-corrected chi connectivity index (χ0v) is 10.9. The summed E-state index contributed by atoms with van der Waals surface area (Å²) < 4.78 is 4.90. The lowest BCUT2D eigenvalue weighted by molar-refractivity contribution is -0.142. The molecule has 0 aromatic heterocycles. The third-order valence-corrected chi connectivity index (χ3v) is 2.51. The van der Waals surface area contributed by atoms with Crippen LogP contribution in [-0.2, 0) is 19.4 Å². The van der Waals surface area contributed by atoms with Crippen molar-refractivity contribution >= 4 is 12.3 Å². The Balaban J connectivity index is 3.20. The third kappa shape index (κ3) is 12.9. The van der Waals surface area contributed by atoms with E-state index in [1.54, 1.807) is 6.08 Å². The maximum atomic E-state index is 11.2. The average Bonchev–Trinajstić information content (AvgIpc) is 2.38. The van der Waals surface area contributed by atoms with Crippen molar-refractivity contribution in [2.75, 3.05) is 13.2 Å². The molecule has 4 heteroatoms. The largest absolute Gasteiger partial charge is 0.461 e. The van der Waals surface area contributed by atoms with Crippen LogP contribution in [0, 0.1) is 0 Å². The number of carbonyl (C=O) groups is 1. The molecule has 0 rings (SSSR count). The van der Waals surface area contributed by atoms with Crippen LogP contribution in [0.15, 0.2) is 12.2 Å². The zero-order valence-electron chi connectivity index (χ0n) is 10.9. The van der Waals surface area contributed by atoms with Crippen LogP contribution in [0.4, 0.5) is 0 Å². The first kappa shape index (κ1) is 16.8. The van der Waals surface area contributed by atoms with Gasteiger partial charge in [-0.2, -0.15) is 0 Å². The molecule has 0 bridgehead atoms. The Bertz CT molecular complexity index is 236. The first-order valence-corrected chi connectivity index (χ1v) is 6.55. The topological polar surface area (TPSA) is 63.3 Å². The molecule has 102 valence electrons. The minimum atomic E-state index is -0.278. The molecule has 0 unspecified atom stereocenters. The van der Waals surface area contributed by atoms with Crippen LogP contribution in [-0.4, -0.2) is 25.5 Å². The van der Waals surface area contributed by atoms with E-state index < -0.39 is 0 Å². The molecule has 0 aliphatic rings. The number of carbonyl (C=O) groups excluding carboxylic acids is 2. The number of ether oxygens (including phenoxy) is 1. The maximum absolute atomic E-state index is 11.2. The molecule has 0 aliphatic heterocycles. The minimum absolute atomic E-state index is 0.198. The van der Waals surface area contributed by atoms with Gasteiger partial charge in [-0.25, -0.2) is 5.11 Å². The fraction of sp³-hybridized carbons (Fsp3) is 0.714.